The molecule has 6 nitrogen and oxygen atoms in total. The second-order valence-electron chi connectivity index (χ2n) is 21.6. The van der Waals surface area contributed by atoms with Crippen LogP contribution in [0.2, 0.25) is 0 Å². The highest BCUT2D eigenvalue weighted by atomic mass is 16.6. The lowest BCUT2D eigenvalue weighted by molar-refractivity contribution is -0.167. The van der Waals surface area contributed by atoms with E-state index in [1.165, 1.54) is 205 Å². The third kappa shape index (κ3) is 60.0. The molecule has 1 atom stereocenters. The molecule has 0 aliphatic carbocycles. The molecule has 0 heterocycles. The summed E-state index contributed by atoms with van der Waals surface area (Å²) in [5.74, 6) is -0.864. The van der Waals surface area contributed by atoms with E-state index in [4.69, 9.17) is 14.2 Å². The van der Waals surface area contributed by atoms with Crippen LogP contribution in [0.15, 0.2) is 60.8 Å². The third-order valence-electron chi connectivity index (χ3n) is 14.3. The van der Waals surface area contributed by atoms with Gasteiger partial charge in [0.25, 0.3) is 0 Å². The Morgan fingerprint density at radius 3 is 0.838 bits per heavy atom. The number of ether oxygens (including phenoxy) is 3. The van der Waals surface area contributed by atoms with Gasteiger partial charge in [-0.25, -0.2) is 0 Å². The molecule has 0 amide bonds. The van der Waals surface area contributed by atoms with Gasteiger partial charge in [0.15, 0.2) is 6.10 Å². The Morgan fingerprint density at radius 1 is 0.284 bits per heavy atom. The van der Waals surface area contributed by atoms with Crippen LogP contribution in [-0.4, -0.2) is 37.2 Å². The molecule has 0 aliphatic heterocycles. The Balaban J connectivity index is 4.28. The van der Waals surface area contributed by atoms with Gasteiger partial charge in [0.1, 0.15) is 13.2 Å². The molecule has 0 spiro atoms. The van der Waals surface area contributed by atoms with E-state index in [0.717, 1.165) is 89.9 Å². The topological polar surface area (TPSA) is 78.9 Å². The largest absolute Gasteiger partial charge is 0.462 e. The van der Waals surface area contributed by atoms with Crippen molar-refractivity contribution in [2.24, 2.45) is 0 Å². The molecule has 0 fully saturated rings. The fraction of sp³-hybridized carbons (Fsp3) is 0.809. The van der Waals surface area contributed by atoms with Gasteiger partial charge in [0.05, 0.1) is 0 Å². The molecule has 1 unspecified atom stereocenters. The molecule has 0 bridgehead atoms. The lowest BCUT2D eigenvalue weighted by atomic mass is 10.0. The van der Waals surface area contributed by atoms with E-state index in [1.54, 1.807) is 0 Å². The average molecular weight is 1040 g/mol. The molecular formula is C68H122O6. The van der Waals surface area contributed by atoms with E-state index in [9.17, 15) is 14.4 Å². The fourth-order valence-electron chi connectivity index (χ4n) is 9.43. The van der Waals surface area contributed by atoms with Crippen molar-refractivity contribution < 1.29 is 28.6 Å². The van der Waals surface area contributed by atoms with E-state index in [-0.39, 0.29) is 31.1 Å². The number of hydrogen-bond acceptors (Lipinski definition) is 6. The van der Waals surface area contributed by atoms with E-state index in [2.05, 4.69) is 81.5 Å². The van der Waals surface area contributed by atoms with Crippen LogP contribution in [0, 0.1) is 0 Å². The van der Waals surface area contributed by atoms with Gasteiger partial charge in [-0.05, 0) is 83.5 Å². The number of hydrogen-bond donors (Lipinski definition) is 0. The van der Waals surface area contributed by atoms with Gasteiger partial charge in [0, 0.05) is 19.3 Å². The van der Waals surface area contributed by atoms with Crippen LogP contribution in [0.5, 0.6) is 0 Å². The molecule has 430 valence electrons. The molecule has 0 aromatic rings. The van der Waals surface area contributed by atoms with Crippen molar-refractivity contribution in [2.75, 3.05) is 13.2 Å². The highest BCUT2D eigenvalue weighted by molar-refractivity contribution is 5.71. The highest BCUT2D eigenvalue weighted by Crippen LogP contribution is 2.17. The van der Waals surface area contributed by atoms with Crippen molar-refractivity contribution in [1.29, 1.82) is 0 Å². The molecule has 0 radical (unpaired) electrons. The summed E-state index contributed by atoms with van der Waals surface area (Å²) < 4.78 is 16.9. The predicted molar refractivity (Wildman–Crippen MR) is 321 cm³/mol. The van der Waals surface area contributed by atoms with Gasteiger partial charge >= 0.3 is 17.9 Å². The first-order chi connectivity index (χ1) is 36.5. The number of unbranched alkanes of at least 4 members (excludes halogenated alkanes) is 38. The number of carbonyl (C=O) groups excluding carboxylic acids is 3. The van der Waals surface area contributed by atoms with Crippen LogP contribution >= 0.6 is 0 Å². The minimum absolute atomic E-state index is 0.0739. The van der Waals surface area contributed by atoms with Crippen molar-refractivity contribution in [3.8, 4) is 0 Å². The SMILES string of the molecule is CC/C=C\C/C=C\C/C=C\C/C=C\CCCCCCCCCCCCCCC(=O)OCC(COC(=O)CCCCCCC/C=C\CCCCCCC)OC(=O)CCCCCCCCCCCCCCCCCCC. The predicted octanol–water partition coefficient (Wildman–Crippen LogP) is 21.9. The summed E-state index contributed by atoms with van der Waals surface area (Å²) in [6.45, 7) is 6.56. The van der Waals surface area contributed by atoms with Gasteiger partial charge in [-0.15, -0.1) is 0 Å². The minimum atomic E-state index is -0.776. The summed E-state index contributed by atoms with van der Waals surface area (Å²) in [6.07, 6.45) is 79.4. The van der Waals surface area contributed by atoms with Crippen LogP contribution < -0.4 is 0 Å². The summed E-state index contributed by atoms with van der Waals surface area (Å²) in [5.41, 5.74) is 0. The second-order valence-corrected chi connectivity index (χ2v) is 21.6. The average Bonchev–Trinajstić information content (AvgIpc) is 3.40. The molecule has 0 aromatic carbocycles. The molecule has 0 saturated heterocycles. The first-order valence-corrected chi connectivity index (χ1v) is 32.3. The Kier molecular flexibility index (Phi) is 60.2. The van der Waals surface area contributed by atoms with E-state index < -0.39 is 6.10 Å². The Hall–Kier alpha value is -2.89. The molecule has 0 N–H and O–H groups in total. The maximum absolute atomic E-state index is 12.9. The summed E-state index contributed by atoms with van der Waals surface area (Å²) in [6, 6.07) is 0. The molecule has 0 rings (SSSR count). The zero-order chi connectivity index (χ0) is 53.6. The van der Waals surface area contributed by atoms with Crippen molar-refractivity contribution >= 4 is 17.9 Å². The molecular weight excluding hydrogens is 913 g/mol. The molecule has 0 saturated carbocycles. The highest BCUT2D eigenvalue weighted by Gasteiger charge is 2.19. The third-order valence-corrected chi connectivity index (χ3v) is 14.3. The van der Waals surface area contributed by atoms with Gasteiger partial charge in [0.2, 0.25) is 0 Å². The Bertz CT molecular complexity index is 1330. The molecule has 6 heteroatoms. The smallest absolute Gasteiger partial charge is 0.306 e. The van der Waals surface area contributed by atoms with E-state index in [1.807, 2.05) is 0 Å². The van der Waals surface area contributed by atoms with Crippen molar-refractivity contribution in [2.45, 2.75) is 341 Å². The van der Waals surface area contributed by atoms with Crippen molar-refractivity contribution in [3.05, 3.63) is 60.8 Å². The lowest BCUT2D eigenvalue weighted by Crippen LogP contribution is -2.30. The second kappa shape index (κ2) is 62.6. The van der Waals surface area contributed by atoms with Gasteiger partial charge in [-0.1, -0.05) is 293 Å². The molecule has 74 heavy (non-hydrogen) atoms. The van der Waals surface area contributed by atoms with Gasteiger partial charge in [-0.3, -0.25) is 14.4 Å². The van der Waals surface area contributed by atoms with Crippen LogP contribution in [0.25, 0.3) is 0 Å². The monoisotopic (exact) mass is 1030 g/mol. The van der Waals surface area contributed by atoms with Crippen LogP contribution in [0.3, 0.4) is 0 Å². The van der Waals surface area contributed by atoms with Crippen LogP contribution in [0.4, 0.5) is 0 Å². The van der Waals surface area contributed by atoms with Gasteiger partial charge < -0.3 is 14.2 Å². The fourth-order valence-corrected chi connectivity index (χ4v) is 9.43. The normalized spacial score (nSPS) is 12.4. The summed E-state index contributed by atoms with van der Waals surface area (Å²) in [4.78, 5) is 38.3. The number of esters is 3. The van der Waals surface area contributed by atoms with E-state index >= 15 is 0 Å². The first-order valence-electron chi connectivity index (χ1n) is 32.3. The Labute approximate surface area is 460 Å². The Morgan fingerprint density at radius 2 is 0.527 bits per heavy atom. The number of allylic oxidation sites excluding steroid dienone is 10. The number of carbonyl (C=O) groups is 3. The van der Waals surface area contributed by atoms with Crippen LogP contribution in [-0.2, 0) is 28.6 Å². The minimum Gasteiger partial charge on any atom is -0.462 e. The quantitative estimate of drug-likeness (QED) is 0.0261. The maximum atomic E-state index is 12.9. The summed E-state index contributed by atoms with van der Waals surface area (Å²) in [7, 11) is 0. The number of rotatable bonds is 59. The summed E-state index contributed by atoms with van der Waals surface area (Å²) >= 11 is 0. The van der Waals surface area contributed by atoms with Gasteiger partial charge in [-0.2, -0.15) is 0 Å². The molecule has 0 aromatic heterocycles. The zero-order valence-corrected chi connectivity index (χ0v) is 49.4. The maximum Gasteiger partial charge on any atom is 0.306 e. The summed E-state index contributed by atoms with van der Waals surface area (Å²) in [5, 5.41) is 0. The van der Waals surface area contributed by atoms with Crippen molar-refractivity contribution in [1.82, 2.24) is 0 Å². The van der Waals surface area contributed by atoms with Crippen molar-refractivity contribution in [3.63, 3.8) is 0 Å². The zero-order valence-electron chi connectivity index (χ0n) is 49.4. The van der Waals surface area contributed by atoms with Crippen LogP contribution in [0.1, 0.15) is 335 Å². The first kappa shape index (κ1) is 71.1. The lowest BCUT2D eigenvalue weighted by Gasteiger charge is -2.18. The molecule has 0 aliphatic rings. The van der Waals surface area contributed by atoms with E-state index in [0.29, 0.717) is 19.3 Å². The standard InChI is InChI=1S/C68H122O6/c1-4-7-10-13-16-19-22-25-28-30-31-32-33-34-35-36-37-39-40-43-46-49-52-55-58-61-67(70)73-64-65(63-72-66(69)60-57-54-51-48-45-42-27-24-21-18-15-12-9-6-3)74-68(71)62-59-56-53-50-47-44-41-38-29-26-23-20-17-14-11-8-5-2/h7,10,16,19,24-25,27-28,31-32,65H,4-6,8-9,11-15,17-18,20-23,26,29-30,33-64H2,1-3H3/b10-7-,19-16-,27-24-,28-25-,32-31-.